The van der Waals surface area contributed by atoms with Gasteiger partial charge in [-0.25, -0.2) is 0 Å². The Morgan fingerprint density at radius 3 is 2.94 bits per heavy atom. The van der Waals surface area contributed by atoms with Crippen LogP contribution in [0.25, 0.3) is 0 Å². The lowest BCUT2D eigenvalue weighted by atomic mass is 9.78. The maximum Gasteiger partial charge on any atom is 0.127 e. The smallest absolute Gasteiger partial charge is 0.127 e. The molecule has 0 bridgehead atoms. The number of hydrogen-bond donors (Lipinski definition) is 1. The van der Waals surface area contributed by atoms with E-state index in [1.807, 2.05) is 0 Å². The van der Waals surface area contributed by atoms with Gasteiger partial charge >= 0.3 is 0 Å². The summed E-state index contributed by atoms with van der Waals surface area (Å²) in [5.41, 5.74) is 2.91. The van der Waals surface area contributed by atoms with Crippen molar-refractivity contribution in [3.05, 3.63) is 29.3 Å². The average molecular weight is 231 g/mol. The first kappa shape index (κ1) is 11.1. The van der Waals surface area contributed by atoms with Gasteiger partial charge in [0, 0.05) is 17.5 Å². The van der Waals surface area contributed by atoms with Crippen LogP contribution >= 0.6 is 0 Å². The zero-order chi connectivity index (χ0) is 11.9. The Labute approximate surface area is 103 Å². The molecule has 0 aromatic heterocycles. The fourth-order valence-corrected chi connectivity index (χ4v) is 3.37. The summed E-state index contributed by atoms with van der Waals surface area (Å²) in [5.74, 6) is 1.76. The van der Waals surface area contributed by atoms with Crippen LogP contribution < -0.4 is 10.1 Å². The molecule has 0 amide bonds. The summed E-state index contributed by atoms with van der Waals surface area (Å²) >= 11 is 0. The van der Waals surface area contributed by atoms with Gasteiger partial charge in [0.2, 0.25) is 0 Å². The van der Waals surface area contributed by atoms with Crippen LogP contribution in [-0.2, 0) is 12.0 Å². The zero-order valence-corrected chi connectivity index (χ0v) is 10.8. The molecule has 1 N–H and O–H groups in total. The summed E-state index contributed by atoms with van der Waals surface area (Å²) in [6.45, 7) is 6.60. The molecule has 1 aromatic carbocycles. The normalized spacial score (nSPS) is 27.2. The molecule has 1 unspecified atom stereocenters. The highest BCUT2D eigenvalue weighted by Gasteiger charge is 2.41. The van der Waals surface area contributed by atoms with Gasteiger partial charge in [0.25, 0.3) is 0 Å². The van der Waals surface area contributed by atoms with E-state index in [0.29, 0.717) is 5.92 Å². The number of rotatable bonds is 2. The molecule has 2 aliphatic heterocycles. The van der Waals surface area contributed by atoms with Crippen molar-refractivity contribution in [3.8, 4) is 5.75 Å². The topological polar surface area (TPSA) is 21.3 Å². The van der Waals surface area contributed by atoms with Gasteiger partial charge in [0.15, 0.2) is 0 Å². The fraction of sp³-hybridized carbons (Fsp3) is 0.600. The molecule has 0 spiro atoms. The van der Waals surface area contributed by atoms with E-state index in [1.165, 1.54) is 24.0 Å². The van der Waals surface area contributed by atoms with Crippen LogP contribution in [0.3, 0.4) is 0 Å². The summed E-state index contributed by atoms with van der Waals surface area (Å²) in [4.78, 5) is 0. The van der Waals surface area contributed by atoms with Crippen LogP contribution in [0, 0.1) is 5.92 Å². The number of benzene rings is 1. The second-order valence-electron chi connectivity index (χ2n) is 5.55. The first-order valence-corrected chi connectivity index (χ1v) is 6.74. The van der Waals surface area contributed by atoms with Gasteiger partial charge in [-0.15, -0.1) is 0 Å². The minimum atomic E-state index is 0.135. The molecule has 2 aliphatic rings. The Morgan fingerprint density at radius 2 is 2.24 bits per heavy atom. The largest absolute Gasteiger partial charge is 0.493 e. The van der Waals surface area contributed by atoms with E-state index < -0.39 is 0 Å². The maximum atomic E-state index is 5.88. The SMILES string of the molecule is CC(C)C1(c2cccc3c2OCC3)CCCN1. The summed E-state index contributed by atoms with van der Waals surface area (Å²) < 4.78 is 5.88. The molecular formula is C15H21NO. The molecule has 92 valence electrons. The predicted octanol–water partition coefficient (Wildman–Crippen LogP) is 2.86. The minimum Gasteiger partial charge on any atom is -0.493 e. The van der Waals surface area contributed by atoms with Gasteiger partial charge < -0.3 is 10.1 Å². The molecule has 1 atom stereocenters. The van der Waals surface area contributed by atoms with E-state index in [-0.39, 0.29) is 5.54 Å². The molecule has 1 saturated heterocycles. The highest BCUT2D eigenvalue weighted by Crippen LogP contribution is 2.44. The Kier molecular flexibility index (Phi) is 2.62. The lowest BCUT2D eigenvalue weighted by Crippen LogP contribution is -2.42. The zero-order valence-electron chi connectivity index (χ0n) is 10.8. The molecule has 0 radical (unpaired) electrons. The molecule has 3 rings (SSSR count). The Hall–Kier alpha value is -1.02. The van der Waals surface area contributed by atoms with Crippen molar-refractivity contribution in [2.75, 3.05) is 13.2 Å². The number of ether oxygens (including phenoxy) is 1. The van der Waals surface area contributed by atoms with Gasteiger partial charge in [-0.1, -0.05) is 32.0 Å². The van der Waals surface area contributed by atoms with Crippen molar-refractivity contribution in [3.63, 3.8) is 0 Å². The van der Waals surface area contributed by atoms with Gasteiger partial charge in [-0.2, -0.15) is 0 Å². The van der Waals surface area contributed by atoms with Crippen LogP contribution in [-0.4, -0.2) is 13.2 Å². The Balaban J connectivity index is 2.11. The summed E-state index contributed by atoms with van der Waals surface area (Å²) in [6, 6.07) is 6.64. The molecule has 17 heavy (non-hydrogen) atoms. The molecule has 0 saturated carbocycles. The van der Waals surface area contributed by atoms with E-state index in [4.69, 9.17) is 4.74 Å². The van der Waals surface area contributed by atoms with Crippen LogP contribution in [0.15, 0.2) is 18.2 Å². The van der Waals surface area contributed by atoms with Crippen LogP contribution in [0.5, 0.6) is 5.75 Å². The molecule has 2 nitrogen and oxygen atoms in total. The minimum absolute atomic E-state index is 0.135. The van der Waals surface area contributed by atoms with E-state index >= 15 is 0 Å². The molecule has 1 fully saturated rings. The second kappa shape index (κ2) is 4.02. The van der Waals surface area contributed by atoms with Crippen LogP contribution in [0.4, 0.5) is 0 Å². The van der Waals surface area contributed by atoms with Crippen LogP contribution in [0.1, 0.15) is 37.8 Å². The van der Waals surface area contributed by atoms with E-state index in [1.54, 1.807) is 0 Å². The molecule has 2 heterocycles. The number of para-hydroxylation sites is 1. The highest BCUT2D eigenvalue weighted by molar-refractivity contribution is 5.48. The van der Waals surface area contributed by atoms with Crippen molar-refractivity contribution in [2.45, 2.75) is 38.6 Å². The lowest BCUT2D eigenvalue weighted by Gasteiger charge is -2.35. The van der Waals surface area contributed by atoms with E-state index in [0.717, 1.165) is 25.3 Å². The number of hydrogen-bond acceptors (Lipinski definition) is 2. The quantitative estimate of drug-likeness (QED) is 0.845. The van der Waals surface area contributed by atoms with Gasteiger partial charge in [-0.05, 0) is 30.9 Å². The van der Waals surface area contributed by atoms with Crippen molar-refractivity contribution < 1.29 is 4.74 Å². The monoisotopic (exact) mass is 231 g/mol. The molecule has 1 aromatic rings. The maximum absolute atomic E-state index is 5.88. The molecular weight excluding hydrogens is 210 g/mol. The molecule has 2 heteroatoms. The number of fused-ring (bicyclic) bond motifs is 1. The van der Waals surface area contributed by atoms with E-state index in [9.17, 15) is 0 Å². The Bertz CT molecular complexity index is 419. The fourth-order valence-electron chi connectivity index (χ4n) is 3.37. The number of nitrogens with one attached hydrogen (secondary N) is 1. The lowest BCUT2D eigenvalue weighted by molar-refractivity contribution is 0.261. The first-order chi connectivity index (χ1) is 8.24. The van der Waals surface area contributed by atoms with Gasteiger partial charge in [0.1, 0.15) is 5.75 Å². The second-order valence-corrected chi connectivity index (χ2v) is 5.55. The van der Waals surface area contributed by atoms with Crippen LogP contribution in [0.2, 0.25) is 0 Å². The highest BCUT2D eigenvalue weighted by atomic mass is 16.5. The average Bonchev–Trinajstić information content (AvgIpc) is 2.98. The van der Waals surface area contributed by atoms with Crippen molar-refractivity contribution in [1.82, 2.24) is 5.32 Å². The van der Waals surface area contributed by atoms with Crippen molar-refractivity contribution in [1.29, 1.82) is 0 Å². The van der Waals surface area contributed by atoms with Gasteiger partial charge in [0.05, 0.1) is 6.61 Å². The van der Waals surface area contributed by atoms with E-state index in [2.05, 4.69) is 37.4 Å². The van der Waals surface area contributed by atoms with Crippen molar-refractivity contribution >= 4 is 0 Å². The summed E-state index contributed by atoms with van der Waals surface area (Å²) in [5, 5.41) is 3.74. The third-order valence-electron chi connectivity index (χ3n) is 4.37. The van der Waals surface area contributed by atoms with Crippen molar-refractivity contribution in [2.24, 2.45) is 5.92 Å². The molecule has 0 aliphatic carbocycles. The first-order valence-electron chi connectivity index (χ1n) is 6.74. The standard InChI is InChI=1S/C15H21NO/c1-11(2)15(8-4-9-16-15)13-6-3-5-12-7-10-17-14(12)13/h3,5-6,11,16H,4,7-10H2,1-2H3. The third kappa shape index (κ3) is 1.58. The summed E-state index contributed by atoms with van der Waals surface area (Å²) in [6.07, 6.45) is 3.56. The summed E-state index contributed by atoms with van der Waals surface area (Å²) in [7, 11) is 0. The van der Waals surface area contributed by atoms with Gasteiger partial charge in [-0.3, -0.25) is 0 Å². The predicted molar refractivity (Wildman–Crippen MR) is 69.4 cm³/mol. The third-order valence-corrected chi connectivity index (χ3v) is 4.37. The Morgan fingerprint density at radius 1 is 1.35 bits per heavy atom.